The smallest absolute Gasteiger partial charge is 0.225 e. The first-order valence-electron chi connectivity index (χ1n) is 9.16. The van der Waals surface area contributed by atoms with Crippen LogP contribution in [0.25, 0.3) is 0 Å². The number of hydrogen-bond acceptors (Lipinski definition) is 3. The SMILES string of the molecule is CC(C)CC(=O)N1CCC(NC(=O)C2CCCCC2(C)N)CC1. The maximum Gasteiger partial charge on any atom is 0.225 e. The number of carbonyl (C=O) groups excluding carboxylic acids is 2. The van der Waals surface area contributed by atoms with E-state index in [1.54, 1.807) is 0 Å². The zero-order chi connectivity index (χ0) is 17.0. The molecule has 3 N–H and O–H groups in total. The van der Waals surface area contributed by atoms with Gasteiger partial charge in [-0.05, 0) is 38.5 Å². The third kappa shape index (κ3) is 4.93. The zero-order valence-electron chi connectivity index (χ0n) is 14.9. The summed E-state index contributed by atoms with van der Waals surface area (Å²) in [5, 5.41) is 3.19. The first-order chi connectivity index (χ1) is 10.8. The van der Waals surface area contributed by atoms with Crippen LogP contribution in [-0.2, 0) is 9.59 Å². The number of hydrogen-bond donors (Lipinski definition) is 2. The van der Waals surface area contributed by atoms with Crippen molar-refractivity contribution >= 4 is 11.8 Å². The number of piperidine rings is 1. The van der Waals surface area contributed by atoms with Crippen molar-refractivity contribution in [2.24, 2.45) is 17.6 Å². The minimum absolute atomic E-state index is 0.0724. The molecule has 23 heavy (non-hydrogen) atoms. The minimum Gasteiger partial charge on any atom is -0.353 e. The van der Waals surface area contributed by atoms with Gasteiger partial charge >= 0.3 is 0 Å². The molecule has 2 rings (SSSR count). The van der Waals surface area contributed by atoms with Gasteiger partial charge in [-0.25, -0.2) is 0 Å². The average Bonchev–Trinajstić information content (AvgIpc) is 2.46. The summed E-state index contributed by atoms with van der Waals surface area (Å²) in [6, 6.07) is 0.184. The lowest BCUT2D eigenvalue weighted by Crippen LogP contribution is -2.55. The van der Waals surface area contributed by atoms with Gasteiger partial charge in [-0.2, -0.15) is 0 Å². The molecule has 0 radical (unpaired) electrons. The number of rotatable bonds is 4. The molecule has 2 aliphatic rings. The van der Waals surface area contributed by atoms with Gasteiger partial charge in [0, 0.05) is 31.1 Å². The molecule has 5 heteroatoms. The molecule has 0 aromatic rings. The van der Waals surface area contributed by atoms with Crippen LogP contribution in [0.2, 0.25) is 0 Å². The van der Waals surface area contributed by atoms with Gasteiger partial charge in [-0.15, -0.1) is 0 Å². The Morgan fingerprint density at radius 1 is 1.22 bits per heavy atom. The highest BCUT2D eigenvalue weighted by Gasteiger charge is 2.38. The van der Waals surface area contributed by atoms with E-state index in [2.05, 4.69) is 19.2 Å². The topological polar surface area (TPSA) is 75.4 Å². The number of amides is 2. The van der Waals surface area contributed by atoms with Crippen molar-refractivity contribution in [3.63, 3.8) is 0 Å². The van der Waals surface area contributed by atoms with Crippen molar-refractivity contribution in [2.75, 3.05) is 13.1 Å². The van der Waals surface area contributed by atoms with Gasteiger partial charge in [-0.1, -0.05) is 26.7 Å². The van der Waals surface area contributed by atoms with E-state index in [0.717, 1.165) is 51.6 Å². The summed E-state index contributed by atoms with van der Waals surface area (Å²) in [7, 11) is 0. The van der Waals surface area contributed by atoms with Crippen LogP contribution in [-0.4, -0.2) is 41.4 Å². The van der Waals surface area contributed by atoms with Crippen LogP contribution >= 0.6 is 0 Å². The second kappa shape index (κ2) is 7.65. The lowest BCUT2D eigenvalue weighted by Gasteiger charge is -2.39. The molecule has 0 aromatic heterocycles. The average molecular weight is 323 g/mol. The Hall–Kier alpha value is -1.10. The quantitative estimate of drug-likeness (QED) is 0.831. The van der Waals surface area contributed by atoms with Gasteiger partial charge in [0.2, 0.25) is 11.8 Å². The Labute approximate surface area is 140 Å². The van der Waals surface area contributed by atoms with Gasteiger partial charge < -0.3 is 16.0 Å². The highest BCUT2D eigenvalue weighted by Crippen LogP contribution is 2.32. The molecule has 0 spiro atoms. The van der Waals surface area contributed by atoms with Crippen LogP contribution in [0.4, 0.5) is 0 Å². The van der Waals surface area contributed by atoms with Crippen LogP contribution < -0.4 is 11.1 Å². The fraction of sp³-hybridized carbons (Fsp3) is 0.889. The number of nitrogens with one attached hydrogen (secondary N) is 1. The zero-order valence-corrected chi connectivity index (χ0v) is 14.9. The molecule has 5 nitrogen and oxygen atoms in total. The molecule has 1 saturated carbocycles. The molecule has 2 atom stereocenters. The molecule has 1 aliphatic carbocycles. The van der Waals surface area contributed by atoms with Crippen LogP contribution in [0.15, 0.2) is 0 Å². The molecule has 2 unspecified atom stereocenters. The third-order valence-electron chi connectivity index (χ3n) is 5.35. The monoisotopic (exact) mass is 323 g/mol. The normalized spacial score (nSPS) is 29.6. The van der Waals surface area contributed by atoms with Crippen molar-refractivity contribution in [1.82, 2.24) is 10.2 Å². The van der Waals surface area contributed by atoms with E-state index in [9.17, 15) is 9.59 Å². The molecule has 0 bridgehead atoms. The summed E-state index contributed by atoms with van der Waals surface area (Å²) in [6.45, 7) is 7.64. The van der Waals surface area contributed by atoms with Crippen molar-refractivity contribution in [1.29, 1.82) is 0 Å². The van der Waals surface area contributed by atoms with Gasteiger partial charge in [-0.3, -0.25) is 9.59 Å². The fourth-order valence-corrected chi connectivity index (χ4v) is 3.84. The van der Waals surface area contributed by atoms with Crippen LogP contribution in [0.1, 0.15) is 65.7 Å². The van der Waals surface area contributed by atoms with Gasteiger partial charge in [0.05, 0.1) is 5.92 Å². The molecule has 1 aliphatic heterocycles. The minimum atomic E-state index is -0.379. The number of nitrogens with zero attached hydrogens (tertiary/aromatic N) is 1. The van der Waals surface area contributed by atoms with Crippen molar-refractivity contribution in [2.45, 2.75) is 77.3 Å². The van der Waals surface area contributed by atoms with Gasteiger partial charge in [0.15, 0.2) is 0 Å². The van der Waals surface area contributed by atoms with Crippen molar-refractivity contribution in [3.05, 3.63) is 0 Å². The Kier molecular flexibility index (Phi) is 6.06. The van der Waals surface area contributed by atoms with Crippen molar-refractivity contribution in [3.8, 4) is 0 Å². The first kappa shape index (κ1) is 18.2. The molecule has 2 amide bonds. The fourth-order valence-electron chi connectivity index (χ4n) is 3.84. The lowest BCUT2D eigenvalue weighted by molar-refractivity contribution is -0.133. The second-order valence-electron chi connectivity index (χ2n) is 8.07. The first-order valence-corrected chi connectivity index (χ1v) is 9.16. The van der Waals surface area contributed by atoms with E-state index in [1.165, 1.54) is 0 Å². The Bertz CT molecular complexity index is 426. The van der Waals surface area contributed by atoms with E-state index in [1.807, 2.05) is 11.8 Å². The third-order valence-corrected chi connectivity index (χ3v) is 5.35. The van der Waals surface area contributed by atoms with Crippen LogP contribution in [0, 0.1) is 11.8 Å². The lowest BCUT2D eigenvalue weighted by atomic mass is 9.74. The summed E-state index contributed by atoms with van der Waals surface area (Å²) < 4.78 is 0. The summed E-state index contributed by atoms with van der Waals surface area (Å²) in [5.74, 6) is 0.679. The summed E-state index contributed by atoms with van der Waals surface area (Å²) in [5.41, 5.74) is 5.94. The predicted octanol–water partition coefficient (Wildman–Crippen LogP) is 2.05. The Balaban J connectivity index is 1.80. The maximum atomic E-state index is 12.6. The Morgan fingerprint density at radius 3 is 2.43 bits per heavy atom. The molecule has 1 heterocycles. The highest BCUT2D eigenvalue weighted by molar-refractivity contribution is 5.80. The van der Waals surface area contributed by atoms with E-state index in [-0.39, 0.29) is 29.3 Å². The van der Waals surface area contributed by atoms with Crippen LogP contribution in [0.3, 0.4) is 0 Å². The molecular formula is C18H33N3O2. The number of likely N-dealkylation sites (tertiary alicyclic amines) is 1. The molecular weight excluding hydrogens is 290 g/mol. The highest BCUT2D eigenvalue weighted by atomic mass is 16.2. The van der Waals surface area contributed by atoms with E-state index in [4.69, 9.17) is 5.73 Å². The summed E-state index contributed by atoms with van der Waals surface area (Å²) in [6.07, 6.45) is 6.34. The largest absolute Gasteiger partial charge is 0.353 e. The number of carbonyl (C=O) groups is 2. The summed E-state index contributed by atoms with van der Waals surface area (Å²) in [4.78, 5) is 26.6. The molecule has 2 fully saturated rings. The predicted molar refractivity (Wildman–Crippen MR) is 91.8 cm³/mol. The van der Waals surface area contributed by atoms with E-state index in [0.29, 0.717) is 12.3 Å². The van der Waals surface area contributed by atoms with E-state index >= 15 is 0 Å². The number of nitrogens with two attached hydrogens (primary N) is 1. The molecule has 1 saturated heterocycles. The van der Waals surface area contributed by atoms with Gasteiger partial charge in [0.25, 0.3) is 0 Å². The summed E-state index contributed by atoms with van der Waals surface area (Å²) >= 11 is 0. The van der Waals surface area contributed by atoms with Crippen LogP contribution in [0.5, 0.6) is 0 Å². The van der Waals surface area contributed by atoms with Crippen molar-refractivity contribution < 1.29 is 9.59 Å². The standard InChI is InChI=1S/C18H33N3O2/c1-13(2)12-16(22)21-10-7-14(8-11-21)20-17(23)15-6-4-5-9-18(15,3)19/h13-15H,4-12,19H2,1-3H3,(H,20,23). The molecule has 132 valence electrons. The second-order valence-corrected chi connectivity index (χ2v) is 8.07. The van der Waals surface area contributed by atoms with E-state index < -0.39 is 0 Å². The maximum absolute atomic E-state index is 12.6. The molecule has 0 aromatic carbocycles. The van der Waals surface area contributed by atoms with Gasteiger partial charge in [0.1, 0.15) is 0 Å². The Morgan fingerprint density at radius 2 is 1.87 bits per heavy atom.